The number of hydrogen-bond donors (Lipinski definition) is 1. The number of nitrogens with one attached hydrogen (secondary N) is 1. The Balaban J connectivity index is 1.64. The van der Waals surface area contributed by atoms with Crippen molar-refractivity contribution >= 4 is 17.3 Å². The van der Waals surface area contributed by atoms with Crippen molar-refractivity contribution in [2.24, 2.45) is 0 Å². The van der Waals surface area contributed by atoms with Crippen LogP contribution in [0.4, 0.5) is 24.5 Å². The molecule has 1 heterocycles. The lowest BCUT2D eigenvalue weighted by atomic mass is 10.1. The van der Waals surface area contributed by atoms with Gasteiger partial charge in [-0.1, -0.05) is 0 Å². The third-order valence-corrected chi connectivity index (χ3v) is 3.79. The molecule has 0 fully saturated rings. The highest BCUT2D eigenvalue weighted by Crippen LogP contribution is 2.30. The molecule has 2 aromatic rings. The van der Waals surface area contributed by atoms with Crippen LogP contribution in [0.1, 0.15) is 22.8 Å². The summed E-state index contributed by atoms with van der Waals surface area (Å²) in [6.07, 6.45) is -2.69. The number of halogens is 3. The number of anilines is 2. The fraction of sp³-hybridized carbons (Fsp3) is 0.211. The van der Waals surface area contributed by atoms with Crippen molar-refractivity contribution in [3.63, 3.8) is 0 Å². The molecule has 1 aliphatic heterocycles. The van der Waals surface area contributed by atoms with Gasteiger partial charge in [0.15, 0.2) is 0 Å². The van der Waals surface area contributed by atoms with Crippen LogP contribution in [-0.2, 0) is 15.8 Å². The summed E-state index contributed by atoms with van der Waals surface area (Å²) in [5.41, 5.74) is 0.599. The monoisotopic (exact) mass is 378 g/mol. The average Bonchev–Trinajstić information content (AvgIpc) is 3.10. The lowest BCUT2D eigenvalue weighted by Gasteiger charge is -2.14. The van der Waals surface area contributed by atoms with Gasteiger partial charge in [0.1, 0.15) is 12.4 Å². The van der Waals surface area contributed by atoms with Gasteiger partial charge in [0.05, 0.1) is 24.1 Å². The van der Waals surface area contributed by atoms with Crippen molar-refractivity contribution in [2.75, 3.05) is 23.6 Å². The molecule has 0 atom stereocenters. The standard InChI is InChI=1S/C19H17F3N2O3/c1-2-26-17-11-24(27-12-17)16-9-3-13(4-10-16)18(25)23-15-7-5-14(6-8-15)19(20,21)22/h3-11H,2,12H2,1H3,(H,23,25). The molecule has 8 heteroatoms. The van der Waals surface area contributed by atoms with Crippen molar-refractivity contribution < 1.29 is 27.5 Å². The quantitative estimate of drug-likeness (QED) is 0.827. The number of nitrogens with zero attached hydrogens (tertiary/aromatic N) is 1. The predicted octanol–water partition coefficient (Wildman–Crippen LogP) is 4.59. The molecular weight excluding hydrogens is 361 g/mol. The number of amides is 1. The Labute approximate surface area is 153 Å². The molecule has 0 bridgehead atoms. The fourth-order valence-electron chi connectivity index (χ4n) is 2.46. The Kier molecular flexibility index (Phi) is 5.36. The first kappa shape index (κ1) is 18.8. The molecule has 0 radical (unpaired) electrons. The number of carbonyl (C=O) groups excluding carboxylic acids is 1. The van der Waals surface area contributed by atoms with Crippen LogP contribution < -0.4 is 10.4 Å². The maximum absolute atomic E-state index is 12.6. The first-order valence-corrected chi connectivity index (χ1v) is 8.21. The Morgan fingerprint density at radius 3 is 2.41 bits per heavy atom. The number of hydroxylamine groups is 1. The van der Waals surface area contributed by atoms with Gasteiger partial charge >= 0.3 is 6.18 Å². The molecule has 142 valence electrons. The Bertz CT molecular complexity index is 831. The summed E-state index contributed by atoms with van der Waals surface area (Å²) in [7, 11) is 0. The highest BCUT2D eigenvalue weighted by Gasteiger charge is 2.30. The van der Waals surface area contributed by atoms with Crippen molar-refractivity contribution in [3.8, 4) is 0 Å². The number of rotatable bonds is 5. The zero-order chi connectivity index (χ0) is 19.4. The Morgan fingerprint density at radius 2 is 1.81 bits per heavy atom. The highest BCUT2D eigenvalue weighted by molar-refractivity contribution is 6.04. The zero-order valence-electron chi connectivity index (χ0n) is 14.4. The van der Waals surface area contributed by atoms with E-state index in [1.54, 1.807) is 35.5 Å². The minimum absolute atomic E-state index is 0.282. The van der Waals surface area contributed by atoms with Crippen LogP contribution in [0.25, 0.3) is 0 Å². The SMILES string of the molecule is CCOC1=CN(c2ccc(C(=O)Nc3ccc(C(F)(F)F)cc3)cc2)OC1. The highest BCUT2D eigenvalue weighted by atomic mass is 19.4. The first-order valence-electron chi connectivity index (χ1n) is 8.21. The lowest BCUT2D eigenvalue weighted by molar-refractivity contribution is -0.137. The number of carbonyl (C=O) groups is 1. The minimum atomic E-state index is -4.41. The summed E-state index contributed by atoms with van der Waals surface area (Å²) >= 11 is 0. The molecule has 0 spiro atoms. The second-order valence-corrected chi connectivity index (χ2v) is 5.70. The molecule has 27 heavy (non-hydrogen) atoms. The van der Waals surface area contributed by atoms with Gasteiger partial charge in [0, 0.05) is 11.3 Å². The molecule has 3 rings (SSSR count). The predicted molar refractivity (Wildman–Crippen MR) is 94.0 cm³/mol. The molecular formula is C19H17F3N2O3. The van der Waals surface area contributed by atoms with E-state index in [2.05, 4.69) is 5.32 Å². The van der Waals surface area contributed by atoms with E-state index >= 15 is 0 Å². The molecule has 0 saturated carbocycles. The van der Waals surface area contributed by atoms with E-state index in [0.717, 1.165) is 17.8 Å². The molecule has 0 unspecified atom stereocenters. The van der Waals surface area contributed by atoms with Crippen LogP contribution >= 0.6 is 0 Å². The Morgan fingerprint density at radius 1 is 1.15 bits per heavy atom. The van der Waals surface area contributed by atoms with E-state index in [0.29, 0.717) is 24.5 Å². The van der Waals surface area contributed by atoms with Crippen molar-refractivity contribution in [3.05, 3.63) is 71.6 Å². The summed E-state index contributed by atoms with van der Waals surface area (Å²) in [5.74, 6) is 0.288. The average molecular weight is 378 g/mol. The first-order chi connectivity index (χ1) is 12.9. The lowest BCUT2D eigenvalue weighted by Crippen LogP contribution is -2.14. The molecule has 0 aromatic heterocycles. The van der Waals surface area contributed by atoms with Gasteiger partial charge in [0.2, 0.25) is 0 Å². The van der Waals surface area contributed by atoms with Crippen LogP contribution in [0.2, 0.25) is 0 Å². The third-order valence-electron chi connectivity index (χ3n) is 3.79. The van der Waals surface area contributed by atoms with Crippen LogP contribution in [0.5, 0.6) is 0 Å². The molecule has 1 aliphatic rings. The number of alkyl halides is 3. The second-order valence-electron chi connectivity index (χ2n) is 5.70. The summed E-state index contributed by atoms with van der Waals surface area (Å²) in [6.45, 7) is 2.77. The number of ether oxygens (including phenoxy) is 1. The summed E-state index contributed by atoms with van der Waals surface area (Å²) in [6, 6.07) is 10.9. The van der Waals surface area contributed by atoms with Gasteiger partial charge in [-0.25, -0.2) is 5.06 Å². The van der Waals surface area contributed by atoms with Crippen LogP contribution in [0.3, 0.4) is 0 Å². The van der Waals surface area contributed by atoms with E-state index in [1.807, 2.05) is 6.92 Å². The van der Waals surface area contributed by atoms with E-state index in [4.69, 9.17) is 9.57 Å². The van der Waals surface area contributed by atoms with E-state index in [9.17, 15) is 18.0 Å². The van der Waals surface area contributed by atoms with E-state index in [-0.39, 0.29) is 5.69 Å². The van der Waals surface area contributed by atoms with Crippen LogP contribution in [-0.4, -0.2) is 19.1 Å². The smallest absolute Gasteiger partial charge is 0.416 e. The normalized spacial score (nSPS) is 14.1. The maximum Gasteiger partial charge on any atom is 0.416 e. The van der Waals surface area contributed by atoms with Crippen molar-refractivity contribution in [2.45, 2.75) is 13.1 Å². The number of benzene rings is 2. The number of hydrogen-bond acceptors (Lipinski definition) is 4. The zero-order valence-corrected chi connectivity index (χ0v) is 14.4. The van der Waals surface area contributed by atoms with Crippen molar-refractivity contribution in [1.29, 1.82) is 0 Å². The van der Waals surface area contributed by atoms with Gasteiger partial charge in [0.25, 0.3) is 5.91 Å². The molecule has 0 saturated heterocycles. The molecule has 2 aromatic carbocycles. The van der Waals surface area contributed by atoms with E-state index < -0.39 is 17.6 Å². The van der Waals surface area contributed by atoms with Gasteiger partial charge in [-0.3, -0.25) is 9.63 Å². The fourth-order valence-corrected chi connectivity index (χ4v) is 2.46. The minimum Gasteiger partial charge on any atom is -0.494 e. The summed E-state index contributed by atoms with van der Waals surface area (Å²) < 4.78 is 43.1. The van der Waals surface area contributed by atoms with Gasteiger partial charge < -0.3 is 10.1 Å². The summed E-state index contributed by atoms with van der Waals surface area (Å²) in [4.78, 5) is 17.7. The second kappa shape index (κ2) is 7.71. The van der Waals surface area contributed by atoms with Crippen LogP contribution in [0.15, 0.2) is 60.5 Å². The third kappa shape index (κ3) is 4.59. The van der Waals surface area contributed by atoms with Crippen molar-refractivity contribution in [1.82, 2.24) is 0 Å². The topological polar surface area (TPSA) is 50.8 Å². The Hall–Kier alpha value is -3.00. The van der Waals surface area contributed by atoms with Crippen LogP contribution in [0, 0.1) is 0 Å². The van der Waals surface area contributed by atoms with Gasteiger partial charge in [-0.05, 0) is 55.5 Å². The molecule has 1 N–H and O–H groups in total. The van der Waals surface area contributed by atoms with Gasteiger partial charge in [-0.15, -0.1) is 0 Å². The largest absolute Gasteiger partial charge is 0.494 e. The van der Waals surface area contributed by atoms with Gasteiger partial charge in [-0.2, -0.15) is 13.2 Å². The molecule has 1 amide bonds. The van der Waals surface area contributed by atoms with E-state index in [1.165, 1.54) is 12.1 Å². The summed E-state index contributed by atoms with van der Waals surface area (Å²) in [5, 5.41) is 4.11. The maximum atomic E-state index is 12.6. The molecule has 0 aliphatic carbocycles. The molecule has 5 nitrogen and oxygen atoms in total.